The Morgan fingerprint density at radius 1 is 0.875 bits per heavy atom. The maximum absolute atomic E-state index is 5.67. The molecule has 0 aromatic carbocycles. The van der Waals surface area contributed by atoms with Crippen LogP contribution in [-0.2, 0) is 0 Å². The largest absolute Gasteiger partial charge is 0.329 e. The van der Waals surface area contributed by atoms with Crippen molar-refractivity contribution in [2.75, 3.05) is 26.2 Å². The maximum Gasteiger partial charge on any atom is 0.0105 e. The van der Waals surface area contributed by atoms with Gasteiger partial charge in [-0.15, -0.1) is 0 Å². The van der Waals surface area contributed by atoms with Crippen molar-refractivity contribution in [3.63, 3.8) is 0 Å². The van der Waals surface area contributed by atoms with Crippen molar-refractivity contribution in [3.8, 4) is 0 Å². The molecule has 2 atom stereocenters. The molecule has 0 aliphatic heterocycles. The van der Waals surface area contributed by atoms with Gasteiger partial charge in [0.2, 0.25) is 0 Å². The van der Waals surface area contributed by atoms with Gasteiger partial charge >= 0.3 is 0 Å². The molecule has 0 aliphatic rings. The minimum atomic E-state index is 0.793. The molecule has 0 amide bonds. The minimum Gasteiger partial charge on any atom is -0.329 e. The first-order valence-corrected chi connectivity index (χ1v) is 7.06. The van der Waals surface area contributed by atoms with E-state index in [4.69, 9.17) is 5.73 Å². The normalized spacial score (nSPS) is 15.4. The molecule has 0 rings (SSSR count). The van der Waals surface area contributed by atoms with Gasteiger partial charge in [0, 0.05) is 13.1 Å². The predicted octanol–water partition coefficient (Wildman–Crippen LogP) is 3.12. The first kappa shape index (κ1) is 15.9. The standard InChI is InChI=1S/C14H32N2/c1-5-13(3)7-10-16(12-9-15)11-8-14(4)6-2/h13-14H,5-12,15H2,1-4H3. The molecule has 0 saturated carbocycles. The summed E-state index contributed by atoms with van der Waals surface area (Å²) in [7, 11) is 0. The van der Waals surface area contributed by atoms with E-state index in [0.717, 1.165) is 24.9 Å². The summed E-state index contributed by atoms with van der Waals surface area (Å²) in [6.07, 6.45) is 5.22. The Kier molecular flexibility index (Phi) is 10.0. The van der Waals surface area contributed by atoms with Gasteiger partial charge in [-0.25, -0.2) is 0 Å². The second-order valence-electron chi connectivity index (χ2n) is 5.23. The molecule has 2 unspecified atom stereocenters. The summed E-state index contributed by atoms with van der Waals surface area (Å²) < 4.78 is 0. The van der Waals surface area contributed by atoms with E-state index in [0.29, 0.717) is 0 Å². The van der Waals surface area contributed by atoms with Crippen molar-refractivity contribution in [1.82, 2.24) is 4.90 Å². The van der Waals surface area contributed by atoms with Crippen molar-refractivity contribution in [3.05, 3.63) is 0 Å². The van der Waals surface area contributed by atoms with E-state index in [2.05, 4.69) is 32.6 Å². The highest BCUT2D eigenvalue weighted by Crippen LogP contribution is 2.10. The number of hydrogen-bond acceptors (Lipinski definition) is 2. The van der Waals surface area contributed by atoms with E-state index < -0.39 is 0 Å². The van der Waals surface area contributed by atoms with Crippen LogP contribution in [0.15, 0.2) is 0 Å². The van der Waals surface area contributed by atoms with Gasteiger partial charge < -0.3 is 10.6 Å². The third kappa shape index (κ3) is 8.12. The highest BCUT2D eigenvalue weighted by Gasteiger charge is 2.08. The Balaban J connectivity index is 3.78. The fourth-order valence-corrected chi connectivity index (χ4v) is 1.73. The number of nitrogens with zero attached hydrogens (tertiary/aromatic N) is 1. The van der Waals surface area contributed by atoms with E-state index >= 15 is 0 Å². The fourth-order valence-electron chi connectivity index (χ4n) is 1.73. The lowest BCUT2D eigenvalue weighted by Gasteiger charge is -2.24. The lowest BCUT2D eigenvalue weighted by molar-refractivity contribution is 0.241. The molecule has 0 aromatic heterocycles. The zero-order valence-electron chi connectivity index (χ0n) is 11.8. The van der Waals surface area contributed by atoms with Crippen molar-refractivity contribution < 1.29 is 0 Å². The predicted molar refractivity (Wildman–Crippen MR) is 73.6 cm³/mol. The van der Waals surface area contributed by atoms with Gasteiger partial charge in [0.05, 0.1) is 0 Å². The molecule has 0 aromatic rings. The van der Waals surface area contributed by atoms with Crippen LogP contribution in [-0.4, -0.2) is 31.1 Å². The van der Waals surface area contributed by atoms with Crippen molar-refractivity contribution in [1.29, 1.82) is 0 Å². The van der Waals surface area contributed by atoms with Gasteiger partial charge in [0.25, 0.3) is 0 Å². The van der Waals surface area contributed by atoms with E-state index in [1.165, 1.54) is 38.8 Å². The van der Waals surface area contributed by atoms with E-state index in [9.17, 15) is 0 Å². The maximum atomic E-state index is 5.67. The molecule has 2 nitrogen and oxygen atoms in total. The lowest BCUT2D eigenvalue weighted by atomic mass is 10.0. The van der Waals surface area contributed by atoms with Crippen LogP contribution < -0.4 is 5.73 Å². The van der Waals surface area contributed by atoms with Crippen molar-refractivity contribution in [2.24, 2.45) is 17.6 Å². The van der Waals surface area contributed by atoms with E-state index in [-0.39, 0.29) is 0 Å². The van der Waals surface area contributed by atoms with Crippen LogP contribution in [0.4, 0.5) is 0 Å². The number of rotatable bonds is 10. The first-order chi connectivity index (χ1) is 7.63. The molecule has 0 spiro atoms. The average molecular weight is 228 g/mol. The minimum absolute atomic E-state index is 0.793. The Morgan fingerprint density at radius 3 is 1.62 bits per heavy atom. The lowest BCUT2D eigenvalue weighted by Crippen LogP contribution is -2.32. The third-order valence-electron chi connectivity index (χ3n) is 3.72. The molecular weight excluding hydrogens is 196 g/mol. The highest BCUT2D eigenvalue weighted by atomic mass is 15.1. The Hall–Kier alpha value is -0.0800. The van der Waals surface area contributed by atoms with Crippen LogP contribution in [0.25, 0.3) is 0 Å². The SMILES string of the molecule is CCC(C)CCN(CCN)CCC(C)CC. The summed E-state index contributed by atoms with van der Waals surface area (Å²) >= 11 is 0. The van der Waals surface area contributed by atoms with Crippen molar-refractivity contribution >= 4 is 0 Å². The third-order valence-corrected chi connectivity index (χ3v) is 3.72. The summed E-state index contributed by atoms with van der Waals surface area (Å²) in [6.45, 7) is 13.5. The molecule has 0 bridgehead atoms. The quantitative estimate of drug-likeness (QED) is 0.622. The molecule has 0 saturated heterocycles. The van der Waals surface area contributed by atoms with Gasteiger partial charge in [-0.05, 0) is 37.8 Å². The topological polar surface area (TPSA) is 29.3 Å². The van der Waals surface area contributed by atoms with Crippen LogP contribution >= 0.6 is 0 Å². The second-order valence-corrected chi connectivity index (χ2v) is 5.23. The highest BCUT2D eigenvalue weighted by molar-refractivity contribution is 4.63. The average Bonchev–Trinajstić information content (AvgIpc) is 2.31. The molecule has 0 aliphatic carbocycles. The van der Waals surface area contributed by atoms with Gasteiger partial charge in [-0.1, -0.05) is 40.5 Å². The smallest absolute Gasteiger partial charge is 0.0105 e. The summed E-state index contributed by atoms with van der Waals surface area (Å²) in [6, 6.07) is 0. The monoisotopic (exact) mass is 228 g/mol. The van der Waals surface area contributed by atoms with Crippen LogP contribution in [0.3, 0.4) is 0 Å². The van der Waals surface area contributed by atoms with Gasteiger partial charge in [0.1, 0.15) is 0 Å². The van der Waals surface area contributed by atoms with Gasteiger partial charge in [-0.2, -0.15) is 0 Å². The van der Waals surface area contributed by atoms with E-state index in [1.54, 1.807) is 0 Å². The van der Waals surface area contributed by atoms with E-state index in [1.807, 2.05) is 0 Å². The van der Waals surface area contributed by atoms with Crippen LogP contribution in [0, 0.1) is 11.8 Å². The zero-order chi connectivity index (χ0) is 12.4. The second kappa shape index (κ2) is 10.1. The Bertz CT molecular complexity index is 134. The summed E-state index contributed by atoms with van der Waals surface area (Å²) in [5, 5.41) is 0. The molecule has 0 fully saturated rings. The molecular formula is C14H32N2. The molecule has 2 N–H and O–H groups in total. The molecule has 0 heterocycles. The number of hydrogen-bond donors (Lipinski definition) is 1. The first-order valence-electron chi connectivity index (χ1n) is 7.06. The van der Waals surface area contributed by atoms with Crippen molar-refractivity contribution in [2.45, 2.75) is 53.4 Å². The zero-order valence-corrected chi connectivity index (χ0v) is 11.8. The Labute approximate surface area is 103 Å². The Morgan fingerprint density at radius 2 is 1.31 bits per heavy atom. The molecule has 2 heteroatoms. The van der Waals surface area contributed by atoms with Crippen LogP contribution in [0.2, 0.25) is 0 Å². The van der Waals surface area contributed by atoms with Crippen LogP contribution in [0.1, 0.15) is 53.4 Å². The molecule has 98 valence electrons. The summed E-state index contributed by atoms with van der Waals surface area (Å²) in [5.74, 6) is 1.70. The number of nitrogens with two attached hydrogens (primary N) is 1. The van der Waals surface area contributed by atoms with Crippen LogP contribution in [0.5, 0.6) is 0 Å². The summed E-state index contributed by atoms with van der Waals surface area (Å²) in [4.78, 5) is 2.54. The molecule has 16 heavy (non-hydrogen) atoms. The van der Waals surface area contributed by atoms with Gasteiger partial charge in [-0.3, -0.25) is 0 Å². The van der Waals surface area contributed by atoms with Gasteiger partial charge in [0.15, 0.2) is 0 Å². The summed E-state index contributed by atoms with van der Waals surface area (Å²) in [5.41, 5.74) is 5.67. The fraction of sp³-hybridized carbons (Fsp3) is 1.00. The molecule has 0 radical (unpaired) electrons.